The summed E-state index contributed by atoms with van der Waals surface area (Å²) in [6.45, 7) is -0.165. The van der Waals surface area contributed by atoms with Crippen molar-refractivity contribution in [2.24, 2.45) is 12.2 Å². The maximum Gasteiger partial charge on any atom is 0.101 e. The van der Waals surface area contributed by atoms with Crippen LogP contribution in [-0.2, 0) is 7.05 Å². The van der Waals surface area contributed by atoms with Crippen molar-refractivity contribution in [3.63, 3.8) is 0 Å². The Morgan fingerprint density at radius 2 is 2.58 bits per heavy atom. The van der Waals surface area contributed by atoms with E-state index >= 15 is 0 Å². The zero-order chi connectivity index (χ0) is 8.97. The lowest BCUT2D eigenvalue weighted by Gasteiger charge is -2.08. The number of aliphatic hydroxyl groups excluding tert-OH is 1. The number of hydrogen-bond acceptors (Lipinski definition) is 2. The Labute approximate surface area is 69.9 Å². The van der Waals surface area contributed by atoms with Crippen LogP contribution >= 0.6 is 0 Å². The normalized spacial score (nSPS) is 12.2. The van der Waals surface area contributed by atoms with E-state index < -0.39 is 6.04 Å². The molecule has 0 bridgehead atoms. The molecule has 1 rings (SSSR count). The van der Waals surface area contributed by atoms with Crippen LogP contribution in [0.3, 0.4) is 0 Å². The topological polar surface area (TPSA) is 73.9 Å². The second-order valence-corrected chi connectivity index (χ2v) is 2.45. The largest absolute Gasteiger partial charge is 0.396 e. The summed E-state index contributed by atoms with van der Waals surface area (Å²) in [5.41, 5.74) is 9.01. The molecule has 0 saturated carbocycles. The van der Waals surface area contributed by atoms with Crippen LogP contribution in [0.2, 0.25) is 0 Å². The predicted octanol–water partition coefficient (Wildman–Crippen LogP) is 1.37. The summed E-state index contributed by atoms with van der Waals surface area (Å²) in [6, 6.07) is 3.18. The lowest BCUT2D eigenvalue weighted by Crippen LogP contribution is -2.05. The van der Waals surface area contributed by atoms with Gasteiger partial charge >= 0.3 is 0 Å². The Hall–Kier alpha value is -1.45. The molecule has 5 nitrogen and oxygen atoms in total. The van der Waals surface area contributed by atoms with Crippen molar-refractivity contribution in [1.82, 2.24) is 4.57 Å². The van der Waals surface area contributed by atoms with Crippen molar-refractivity contribution < 1.29 is 5.11 Å². The molecule has 5 heteroatoms. The summed E-state index contributed by atoms with van der Waals surface area (Å²) in [5, 5.41) is 12.3. The van der Waals surface area contributed by atoms with Gasteiger partial charge in [-0.2, -0.15) is 0 Å². The fourth-order valence-electron chi connectivity index (χ4n) is 1.07. The molecule has 1 atom stereocenters. The summed E-state index contributed by atoms with van der Waals surface area (Å²) in [4.78, 5) is 2.66. The van der Waals surface area contributed by atoms with Gasteiger partial charge in [-0.3, -0.25) is 0 Å². The number of aryl methyl sites for hydroxylation is 1. The molecule has 64 valence electrons. The fraction of sp³-hybridized carbons (Fsp3) is 0.429. The maximum absolute atomic E-state index is 8.88. The first-order valence-corrected chi connectivity index (χ1v) is 3.56. The van der Waals surface area contributed by atoms with Crippen LogP contribution < -0.4 is 0 Å². The van der Waals surface area contributed by atoms with Crippen LogP contribution in [0.15, 0.2) is 23.4 Å². The van der Waals surface area contributed by atoms with Crippen molar-refractivity contribution in [3.8, 4) is 0 Å². The van der Waals surface area contributed by atoms with Gasteiger partial charge in [0, 0.05) is 23.9 Å². The highest BCUT2D eigenvalue weighted by Gasteiger charge is 2.09. The van der Waals surface area contributed by atoms with E-state index in [9.17, 15) is 0 Å². The third kappa shape index (κ3) is 1.58. The summed E-state index contributed by atoms with van der Waals surface area (Å²) in [5.74, 6) is 0. The molecule has 1 aromatic rings. The van der Waals surface area contributed by atoms with Crippen LogP contribution in [0.5, 0.6) is 0 Å². The van der Waals surface area contributed by atoms with Gasteiger partial charge in [-0.25, -0.2) is 0 Å². The third-order valence-corrected chi connectivity index (χ3v) is 1.69. The lowest BCUT2D eigenvalue weighted by molar-refractivity contribution is 0.264. The maximum atomic E-state index is 8.88. The zero-order valence-corrected chi connectivity index (χ0v) is 6.75. The molecule has 0 aromatic carbocycles. The molecule has 0 aliphatic carbocycles. The molecule has 0 fully saturated rings. The Morgan fingerprint density at radius 1 is 1.83 bits per heavy atom. The first-order valence-electron chi connectivity index (χ1n) is 3.56. The van der Waals surface area contributed by atoms with E-state index in [-0.39, 0.29) is 6.61 Å². The summed E-state index contributed by atoms with van der Waals surface area (Å²) >= 11 is 0. The molecular weight excluding hydrogens is 156 g/mol. The highest BCUT2D eigenvalue weighted by Crippen LogP contribution is 2.16. The first kappa shape index (κ1) is 8.64. The molecular formula is C7H10N4O. The van der Waals surface area contributed by atoms with Crippen LogP contribution in [0.1, 0.15) is 11.7 Å². The summed E-state index contributed by atoms with van der Waals surface area (Å²) in [6.07, 6.45) is 1.84. The van der Waals surface area contributed by atoms with E-state index in [1.165, 1.54) is 0 Å². The van der Waals surface area contributed by atoms with Crippen LogP contribution in [0.4, 0.5) is 0 Å². The van der Waals surface area contributed by atoms with Gasteiger partial charge in [-0.15, -0.1) is 0 Å². The number of rotatable bonds is 3. The van der Waals surface area contributed by atoms with E-state index in [1.807, 2.05) is 29.9 Å². The highest BCUT2D eigenvalue weighted by atomic mass is 16.3. The molecule has 0 aliphatic rings. The van der Waals surface area contributed by atoms with Gasteiger partial charge in [0.25, 0.3) is 0 Å². The van der Waals surface area contributed by atoms with E-state index in [0.717, 1.165) is 5.69 Å². The van der Waals surface area contributed by atoms with Gasteiger partial charge in [0.05, 0.1) is 6.61 Å². The molecule has 0 aliphatic heterocycles. The molecule has 0 saturated heterocycles. The van der Waals surface area contributed by atoms with Gasteiger partial charge < -0.3 is 9.67 Å². The quantitative estimate of drug-likeness (QED) is 0.411. The fourth-order valence-corrected chi connectivity index (χ4v) is 1.07. The monoisotopic (exact) mass is 166 g/mol. The van der Waals surface area contributed by atoms with Gasteiger partial charge in [0.2, 0.25) is 0 Å². The SMILES string of the molecule is Cn1cccc1C(CO)N=[N+]=[N-]. The molecule has 12 heavy (non-hydrogen) atoms. The molecule has 0 amide bonds. The zero-order valence-electron chi connectivity index (χ0n) is 6.75. The second-order valence-electron chi connectivity index (χ2n) is 2.45. The average Bonchev–Trinajstić information content (AvgIpc) is 2.47. The van der Waals surface area contributed by atoms with Gasteiger partial charge in [-0.05, 0) is 17.7 Å². The molecule has 1 unspecified atom stereocenters. The van der Waals surface area contributed by atoms with Crippen LogP contribution in [0.25, 0.3) is 10.4 Å². The minimum absolute atomic E-state index is 0.165. The first-order chi connectivity index (χ1) is 5.79. The van der Waals surface area contributed by atoms with E-state index in [2.05, 4.69) is 10.0 Å². The summed E-state index contributed by atoms with van der Waals surface area (Å²) in [7, 11) is 1.84. The standard InChI is InChI=1S/C7H10N4O/c1-11-4-2-3-7(11)6(5-12)9-10-8/h2-4,6,12H,5H2,1H3. The van der Waals surface area contributed by atoms with Crippen molar-refractivity contribution >= 4 is 0 Å². The molecule has 0 spiro atoms. The molecule has 0 radical (unpaired) electrons. The van der Waals surface area contributed by atoms with Gasteiger partial charge in [0.1, 0.15) is 6.04 Å². The third-order valence-electron chi connectivity index (χ3n) is 1.69. The Kier molecular flexibility index (Phi) is 2.74. The second kappa shape index (κ2) is 3.80. The van der Waals surface area contributed by atoms with Crippen LogP contribution in [-0.4, -0.2) is 16.3 Å². The van der Waals surface area contributed by atoms with Crippen molar-refractivity contribution in [2.75, 3.05) is 6.61 Å². The number of aromatic nitrogens is 1. The lowest BCUT2D eigenvalue weighted by atomic mass is 10.2. The van der Waals surface area contributed by atoms with E-state index in [1.54, 1.807) is 0 Å². The molecule has 1 aromatic heterocycles. The Bertz CT molecular complexity index is 300. The van der Waals surface area contributed by atoms with E-state index in [4.69, 9.17) is 10.6 Å². The minimum atomic E-state index is -0.477. The van der Waals surface area contributed by atoms with Crippen molar-refractivity contribution in [3.05, 3.63) is 34.5 Å². The molecule has 1 heterocycles. The molecule has 1 N–H and O–H groups in total. The van der Waals surface area contributed by atoms with Crippen molar-refractivity contribution in [1.29, 1.82) is 0 Å². The average molecular weight is 166 g/mol. The predicted molar refractivity (Wildman–Crippen MR) is 44.4 cm³/mol. The number of hydrogen-bond donors (Lipinski definition) is 1. The van der Waals surface area contributed by atoms with Crippen molar-refractivity contribution in [2.45, 2.75) is 6.04 Å². The number of nitrogens with zero attached hydrogens (tertiary/aromatic N) is 4. The Balaban J connectivity index is 2.93. The highest BCUT2D eigenvalue weighted by molar-refractivity contribution is 5.11. The number of azide groups is 1. The van der Waals surface area contributed by atoms with E-state index in [0.29, 0.717) is 0 Å². The Morgan fingerprint density at radius 3 is 3.00 bits per heavy atom. The van der Waals surface area contributed by atoms with Crippen LogP contribution in [0, 0.1) is 0 Å². The summed E-state index contributed by atoms with van der Waals surface area (Å²) < 4.78 is 1.82. The minimum Gasteiger partial charge on any atom is -0.396 e. The smallest absolute Gasteiger partial charge is 0.101 e. The number of aliphatic hydroxyl groups is 1. The van der Waals surface area contributed by atoms with Gasteiger partial charge in [0.15, 0.2) is 0 Å². The van der Waals surface area contributed by atoms with Gasteiger partial charge in [-0.1, -0.05) is 5.11 Å².